The van der Waals surface area contributed by atoms with Crippen molar-refractivity contribution in [2.75, 3.05) is 19.6 Å². The number of fused-ring (bicyclic) bond motifs is 2. The van der Waals surface area contributed by atoms with Gasteiger partial charge in [0, 0.05) is 38.2 Å². The molecule has 7 heteroatoms. The van der Waals surface area contributed by atoms with Crippen LogP contribution in [0.25, 0.3) is 0 Å². The zero-order valence-corrected chi connectivity index (χ0v) is 15.4. The van der Waals surface area contributed by atoms with E-state index in [0.29, 0.717) is 38.9 Å². The van der Waals surface area contributed by atoms with Crippen molar-refractivity contribution < 1.29 is 14.0 Å². The molecule has 3 heterocycles. The molecule has 0 aliphatic carbocycles. The van der Waals surface area contributed by atoms with Gasteiger partial charge >= 0.3 is 0 Å². The summed E-state index contributed by atoms with van der Waals surface area (Å²) in [4.78, 5) is 36.7. The van der Waals surface area contributed by atoms with Crippen LogP contribution in [0.2, 0.25) is 0 Å². The summed E-state index contributed by atoms with van der Waals surface area (Å²) in [6.45, 7) is 3.45. The van der Waals surface area contributed by atoms with Gasteiger partial charge in [0.05, 0.1) is 23.1 Å². The first-order valence-electron chi connectivity index (χ1n) is 9.44. The van der Waals surface area contributed by atoms with Crippen molar-refractivity contribution in [1.82, 2.24) is 19.8 Å². The average Bonchev–Trinajstić information content (AvgIpc) is 3.18. The highest BCUT2D eigenvalue weighted by atomic mass is 19.1. The number of nitrogens with one attached hydrogen (secondary N) is 1. The molecular formula is C20H23FN4O2. The van der Waals surface area contributed by atoms with Crippen LogP contribution in [0.1, 0.15) is 47.9 Å². The number of imidazole rings is 1. The quantitative estimate of drug-likeness (QED) is 0.883. The smallest absolute Gasteiger partial charge is 0.256 e. The molecular weight excluding hydrogens is 347 g/mol. The molecule has 0 saturated carbocycles. The molecule has 2 aliphatic rings. The van der Waals surface area contributed by atoms with E-state index in [4.69, 9.17) is 0 Å². The molecule has 1 saturated heterocycles. The second kappa shape index (κ2) is 6.79. The van der Waals surface area contributed by atoms with Gasteiger partial charge in [-0.05, 0) is 25.0 Å². The highest BCUT2D eigenvalue weighted by Gasteiger charge is 2.48. The van der Waals surface area contributed by atoms with E-state index in [1.165, 1.54) is 12.1 Å². The lowest BCUT2D eigenvalue weighted by Gasteiger charge is -2.50. The third-order valence-electron chi connectivity index (χ3n) is 5.85. The minimum atomic E-state index is -0.502. The Bertz CT molecular complexity index is 870. The third-order valence-corrected chi connectivity index (χ3v) is 5.85. The van der Waals surface area contributed by atoms with Crippen LogP contribution in [0.5, 0.6) is 0 Å². The number of likely N-dealkylation sites (tertiary alicyclic amines) is 1. The van der Waals surface area contributed by atoms with E-state index >= 15 is 0 Å². The Hall–Kier alpha value is -2.70. The molecule has 2 amide bonds. The summed E-state index contributed by atoms with van der Waals surface area (Å²) in [5, 5.41) is 0. The number of aromatic amines is 1. The lowest BCUT2D eigenvalue weighted by Crippen LogP contribution is -2.58. The first kappa shape index (κ1) is 17.7. The number of benzene rings is 1. The fraction of sp³-hybridized carbons (Fsp3) is 0.450. The summed E-state index contributed by atoms with van der Waals surface area (Å²) in [6, 6.07) is 6.06. The second-order valence-corrected chi connectivity index (χ2v) is 7.18. The van der Waals surface area contributed by atoms with Crippen LogP contribution in [0.15, 0.2) is 30.6 Å². The topological polar surface area (TPSA) is 69.3 Å². The Morgan fingerprint density at radius 3 is 2.67 bits per heavy atom. The zero-order valence-electron chi connectivity index (χ0n) is 15.4. The highest BCUT2D eigenvalue weighted by molar-refractivity contribution is 5.94. The molecule has 1 spiro atoms. The van der Waals surface area contributed by atoms with Gasteiger partial charge in [0.1, 0.15) is 5.82 Å². The highest BCUT2D eigenvalue weighted by Crippen LogP contribution is 2.42. The first-order valence-corrected chi connectivity index (χ1v) is 9.44. The first-order chi connectivity index (χ1) is 13.1. The number of carbonyl (C=O) groups is 2. The van der Waals surface area contributed by atoms with Gasteiger partial charge in [-0.3, -0.25) is 9.59 Å². The van der Waals surface area contributed by atoms with Crippen LogP contribution < -0.4 is 0 Å². The van der Waals surface area contributed by atoms with E-state index in [0.717, 1.165) is 17.8 Å². The van der Waals surface area contributed by atoms with Crippen molar-refractivity contribution in [3.63, 3.8) is 0 Å². The van der Waals surface area contributed by atoms with E-state index in [9.17, 15) is 14.0 Å². The molecule has 2 aliphatic heterocycles. The molecule has 6 nitrogen and oxygen atoms in total. The van der Waals surface area contributed by atoms with Crippen molar-refractivity contribution in [3.05, 3.63) is 53.4 Å². The number of aromatic nitrogens is 2. The fourth-order valence-corrected chi connectivity index (χ4v) is 4.42. The van der Waals surface area contributed by atoms with Crippen molar-refractivity contribution in [3.8, 4) is 0 Å². The third kappa shape index (κ3) is 2.81. The Morgan fingerprint density at radius 1 is 1.22 bits per heavy atom. The molecule has 142 valence electrons. The van der Waals surface area contributed by atoms with E-state index in [1.54, 1.807) is 23.4 Å². The molecule has 0 atom stereocenters. The fourth-order valence-electron chi connectivity index (χ4n) is 4.42. The number of rotatable bonds is 2. The maximum atomic E-state index is 14.0. The molecule has 0 bridgehead atoms. The molecule has 1 N–H and O–H groups in total. The minimum Gasteiger partial charge on any atom is -0.348 e. The summed E-state index contributed by atoms with van der Waals surface area (Å²) in [5.74, 6) is -0.690. The minimum absolute atomic E-state index is 0.0963. The largest absolute Gasteiger partial charge is 0.348 e. The Balaban J connectivity index is 1.60. The van der Waals surface area contributed by atoms with Gasteiger partial charge in [0.15, 0.2) is 0 Å². The van der Waals surface area contributed by atoms with Gasteiger partial charge in [0.2, 0.25) is 5.91 Å². The van der Waals surface area contributed by atoms with Crippen molar-refractivity contribution in [1.29, 1.82) is 0 Å². The van der Waals surface area contributed by atoms with Gasteiger partial charge in [0.25, 0.3) is 5.91 Å². The lowest BCUT2D eigenvalue weighted by atomic mass is 9.78. The van der Waals surface area contributed by atoms with E-state index in [-0.39, 0.29) is 17.4 Å². The predicted octanol–water partition coefficient (Wildman–Crippen LogP) is 2.48. The lowest BCUT2D eigenvalue weighted by molar-refractivity contribution is -0.141. The number of carbonyl (C=O) groups excluding carboxylic acids is 2. The van der Waals surface area contributed by atoms with Gasteiger partial charge in [-0.15, -0.1) is 0 Å². The van der Waals surface area contributed by atoms with Crippen molar-refractivity contribution >= 4 is 11.8 Å². The van der Waals surface area contributed by atoms with Crippen LogP contribution in [-0.2, 0) is 16.8 Å². The number of piperidine rings is 1. The maximum absolute atomic E-state index is 14.0. The summed E-state index contributed by atoms with van der Waals surface area (Å²) >= 11 is 0. The molecule has 1 aromatic carbocycles. The normalized spacial score (nSPS) is 18.4. The van der Waals surface area contributed by atoms with Crippen molar-refractivity contribution in [2.24, 2.45) is 0 Å². The monoisotopic (exact) mass is 370 g/mol. The van der Waals surface area contributed by atoms with E-state index in [1.807, 2.05) is 11.8 Å². The van der Waals surface area contributed by atoms with Gasteiger partial charge in [-0.25, -0.2) is 9.37 Å². The molecule has 1 fully saturated rings. The Labute approximate surface area is 157 Å². The van der Waals surface area contributed by atoms with Crippen LogP contribution in [0.4, 0.5) is 4.39 Å². The summed E-state index contributed by atoms with van der Waals surface area (Å²) in [7, 11) is 0. The summed E-state index contributed by atoms with van der Waals surface area (Å²) in [6.07, 6.45) is 4.11. The van der Waals surface area contributed by atoms with Gasteiger partial charge in [-0.1, -0.05) is 19.1 Å². The number of hydrogen-bond donors (Lipinski definition) is 1. The van der Waals surface area contributed by atoms with E-state index in [2.05, 4.69) is 9.97 Å². The van der Waals surface area contributed by atoms with Crippen LogP contribution in [-0.4, -0.2) is 51.2 Å². The van der Waals surface area contributed by atoms with Crippen LogP contribution >= 0.6 is 0 Å². The second-order valence-electron chi connectivity index (χ2n) is 7.18. The maximum Gasteiger partial charge on any atom is 0.256 e. The molecule has 0 unspecified atom stereocenters. The number of nitrogens with zero attached hydrogens (tertiary/aromatic N) is 3. The van der Waals surface area contributed by atoms with Crippen molar-refractivity contribution in [2.45, 2.75) is 38.1 Å². The molecule has 4 rings (SSSR count). The average molecular weight is 370 g/mol. The number of hydrogen-bond acceptors (Lipinski definition) is 3. The Morgan fingerprint density at radius 2 is 1.96 bits per heavy atom. The summed E-state index contributed by atoms with van der Waals surface area (Å²) < 4.78 is 14.0. The molecule has 0 radical (unpaired) electrons. The number of H-pyrrole nitrogens is 1. The standard InChI is InChI=1S/C20H23FN4O2/c1-2-17(26)25-10-7-16-18(23-13-22-16)20(25)8-11-24(12-9-20)19(27)14-5-3-4-6-15(14)21/h3-6,13H,2,7-12H2,1H3,(H,22,23). The van der Waals surface area contributed by atoms with Gasteiger partial charge in [-0.2, -0.15) is 0 Å². The molecule has 27 heavy (non-hydrogen) atoms. The number of halogens is 1. The van der Waals surface area contributed by atoms with Crippen LogP contribution in [0, 0.1) is 5.82 Å². The Kier molecular flexibility index (Phi) is 4.45. The van der Waals surface area contributed by atoms with Gasteiger partial charge < -0.3 is 14.8 Å². The predicted molar refractivity (Wildman–Crippen MR) is 97.5 cm³/mol. The molecule has 2 aromatic rings. The number of amides is 2. The zero-order chi connectivity index (χ0) is 19.0. The molecule has 1 aromatic heterocycles. The SMILES string of the molecule is CCC(=O)N1CCc2[nH]cnc2C12CCN(C(=O)c1ccccc1F)CC2. The summed E-state index contributed by atoms with van der Waals surface area (Å²) in [5.41, 5.74) is 1.61. The van der Waals surface area contributed by atoms with Crippen LogP contribution in [0.3, 0.4) is 0 Å². The van der Waals surface area contributed by atoms with E-state index < -0.39 is 11.4 Å².